The number of rotatable bonds is 1. The van der Waals surface area contributed by atoms with E-state index in [1.165, 1.54) is 57.8 Å². The first kappa shape index (κ1) is 24.0. The van der Waals surface area contributed by atoms with Crippen LogP contribution < -0.4 is 0 Å². The number of allylic oxidation sites excluding steroid dienone is 2. The van der Waals surface area contributed by atoms with E-state index in [4.69, 9.17) is 4.74 Å². The lowest BCUT2D eigenvalue weighted by Gasteiger charge is -2.29. The molecule has 22 heavy (non-hydrogen) atoms. The van der Waals surface area contributed by atoms with Crippen LogP contribution in [0.2, 0.25) is 0 Å². The van der Waals surface area contributed by atoms with Gasteiger partial charge in [-0.25, -0.2) is 0 Å². The van der Waals surface area contributed by atoms with Crippen molar-refractivity contribution < 1.29 is 4.74 Å². The molecule has 0 radical (unpaired) electrons. The molecule has 1 heteroatoms. The summed E-state index contributed by atoms with van der Waals surface area (Å²) < 4.78 is 5.27. The van der Waals surface area contributed by atoms with Crippen LogP contribution in [0.25, 0.3) is 0 Å². The van der Waals surface area contributed by atoms with Crippen LogP contribution in [0.1, 0.15) is 106 Å². The molecule has 0 spiro atoms. The van der Waals surface area contributed by atoms with Crippen LogP contribution >= 0.6 is 0 Å². The van der Waals surface area contributed by atoms with Gasteiger partial charge in [0.1, 0.15) is 0 Å². The van der Waals surface area contributed by atoms with E-state index in [9.17, 15) is 0 Å². The van der Waals surface area contributed by atoms with Crippen LogP contribution in [-0.4, -0.2) is 13.2 Å². The molecule has 0 atom stereocenters. The van der Waals surface area contributed by atoms with Crippen molar-refractivity contribution in [3.63, 3.8) is 0 Å². The van der Waals surface area contributed by atoms with E-state index in [-0.39, 0.29) is 0 Å². The summed E-state index contributed by atoms with van der Waals surface area (Å²) in [5.41, 5.74) is 2.08. The van der Waals surface area contributed by atoms with Gasteiger partial charge in [0.05, 0.1) is 6.10 Å². The maximum atomic E-state index is 5.27. The van der Waals surface area contributed by atoms with E-state index >= 15 is 0 Å². The minimum Gasteiger partial charge on any atom is -0.381 e. The highest BCUT2D eigenvalue weighted by atomic mass is 16.5. The van der Waals surface area contributed by atoms with E-state index in [1.807, 2.05) is 34.8 Å². The SMILES string of the molecule is CC.CC.CC1=CCCCC1(C)C.COC1CCCCCC1. The van der Waals surface area contributed by atoms with E-state index in [1.54, 1.807) is 5.57 Å². The summed E-state index contributed by atoms with van der Waals surface area (Å²) in [6.07, 6.45) is 15.2. The first-order valence-corrected chi connectivity index (χ1v) is 9.76. The summed E-state index contributed by atoms with van der Waals surface area (Å²) in [5, 5.41) is 0. The lowest BCUT2D eigenvalue weighted by atomic mass is 9.77. The Morgan fingerprint density at radius 1 is 0.909 bits per heavy atom. The molecule has 134 valence electrons. The summed E-state index contributed by atoms with van der Waals surface area (Å²) in [7, 11) is 1.83. The summed E-state index contributed by atoms with van der Waals surface area (Å²) >= 11 is 0. The van der Waals surface area contributed by atoms with Gasteiger partial charge in [-0.2, -0.15) is 0 Å². The number of methoxy groups -OCH3 is 1. The van der Waals surface area contributed by atoms with Gasteiger partial charge in [-0.3, -0.25) is 0 Å². The second-order valence-electron chi connectivity index (χ2n) is 6.51. The molecule has 0 N–H and O–H groups in total. The van der Waals surface area contributed by atoms with E-state index in [2.05, 4.69) is 26.8 Å². The third kappa shape index (κ3) is 11.3. The number of hydrogen-bond acceptors (Lipinski definition) is 1. The first-order valence-electron chi connectivity index (χ1n) is 9.76. The molecular formula is C21H44O. The van der Waals surface area contributed by atoms with Crippen LogP contribution in [0, 0.1) is 5.41 Å². The molecule has 0 aromatic carbocycles. The average Bonchev–Trinajstić information content (AvgIpc) is 2.83. The predicted octanol–water partition coefficient (Wildman–Crippen LogP) is 7.55. The van der Waals surface area contributed by atoms with Crippen LogP contribution in [0.5, 0.6) is 0 Å². The van der Waals surface area contributed by atoms with Gasteiger partial charge in [0.2, 0.25) is 0 Å². The normalized spacial score (nSPS) is 20.6. The largest absolute Gasteiger partial charge is 0.381 e. The van der Waals surface area contributed by atoms with Crippen molar-refractivity contribution in [3.8, 4) is 0 Å². The van der Waals surface area contributed by atoms with Gasteiger partial charge in [0, 0.05) is 7.11 Å². The van der Waals surface area contributed by atoms with Gasteiger partial charge in [-0.05, 0) is 44.4 Å². The Morgan fingerprint density at radius 3 is 1.73 bits per heavy atom. The van der Waals surface area contributed by atoms with Crippen LogP contribution in [0.4, 0.5) is 0 Å². The zero-order chi connectivity index (χ0) is 17.4. The van der Waals surface area contributed by atoms with E-state index in [0.29, 0.717) is 11.5 Å². The molecule has 0 saturated heterocycles. The Labute approximate surface area is 141 Å². The van der Waals surface area contributed by atoms with Crippen molar-refractivity contribution in [2.24, 2.45) is 5.41 Å². The fourth-order valence-electron chi connectivity index (χ4n) is 2.81. The van der Waals surface area contributed by atoms with Crippen molar-refractivity contribution in [1.29, 1.82) is 0 Å². The molecule has 1 saturated carbocycles. The topological polar surface area (TPSA) is 9.23 Å². The Hall–Kier alpha value is -0.300. The molecule has 0 bridgehead atoms. The predicted molar refractivity (Wildman–Crippen MR) is 103 cm³/mol. The Bertz CT molecular complexity index is 245. The molecule has 2 aliphatic carbocycles. The van der Waals surface area contributed by atoms with Gasteiger partial charge >= 0.3 is 0 Å². The summed E-state index contributed by atoms with van der Waals surface area (Å²) in [6, 6.07) is 0. The molecule has 2 aliphatic rings. The van der Waals surface area contributed by atoms with Crippen molar-refractivity contribution in [2.45, 2.75) is 112 Å². The molecular weight excluding hydrogens is 268 g/mol. The third-order valence-corrected chi connectivity index (χ3v) is 4.66. The molecule has 0 amide bonds. The van der Waals surface area contributed by atoms with Crippen LogP contribution in [0.15, 0.2) is 11.6 Å². The number of ether oxygens (including phenoxy) is 1. The van der Waals surface area contributed by atoms with E-state index < -0.39 is 0 Å². The molecule has 1 fully saturated rings. The highest BCUT2D eigenvalue weighted by Gasteiger charge is 2.21. The van der Waals surface area contributed by atoms with Crippen LogP contribution in [-0.2, 0) is 4.74 Å². The van der Waals surface area contributed by atoms with Gasteiger partial charge in [-0.15, -0.1) is 0 Å². The number of hydrogen-bond donors (Lipinski definition) is 0. The van der Waals surface area contributed by atoms with Crippen molar-refractivity contribution >= 4 is 0 Å². The lowest BCUT2D eigenvalue weighted by molar-refractivity contribution is 0.0900. The third-order valence-electron chi connectivity index (χ3n) is 4.66. The minimum atomic E-state index is 0.498. The second-order valence-corrected chi connectivity index (χ2v) is 6.51. The van der Waals surface area contributed by atoms with Crippen LogP contribution in [0.3, 0.4) is 0 Å². The van der Waals surface area contributed by atoms with Gasteiger partial charge < -0.3 is 4.74 Å². The Morgan fingerprint density at radius 2 is 1.41 bits per heavy atom. The quantitative estimate of drug-likeness (QED) is 0.358. The first-order chi connectivity index (χ1) is 10.6. The molecule has 0 aromatic rings. The second kappa shape index (κ2) is 15.6. The molecule has 0 heterocycles. The molecule has 1 nitrogen and oxygen atoms in total. The summed E-state index contributed by atoms with van der Waals surface area (Å²) in [6.45, 7) is 14.9. The highest BCUT2D eigenvalue weighted by molar-refractivity contribution is 5.11. The molecule has 0 unspecified atom stereocenters. The lowest BCUT2D eigenvalue weighted by Crippen LogP contribution is -2.15. The summed E-state index contributed by atoms with van der Waals surface area (Å²) in [4.78, 5) is 0. The molecule has 0 aromatic heterocycles. The van der Waals surface area contributed by atoms with Crippen molar-refractivity contribution in [3.05, 3.63) is 11.6 Å². The summed E-state index contributed by atoms with van der Waals surface area (Å²) in [5.74, 6) is 0. The van der Waals surface area contributed by atoms with Crippen molar-refractivity contribution in [2.75, 3.05) is 7.11 Å². The molecule has 0 aliphatic heterocycles. The van der Waals surface area contributed by atoms with E-state index in [0.717, 1.165) is 0 Å². The fourth-order valence-corrected chi connectivity index (χ4v) is 2.81. The minimum absolute atomic E-state index is 0.498. The Kier molecular flexibility index (Phi) is 17.0. The maximum Gasteiger partial charge on any atom is 0.0571 e. The maximum absolute atomic E-state index is 5.27. The fraction of sp³-hybridized carbons (Fsp3) is 0.905. The van der Waals surface area contributed by atoms with Gasteiger partial charge in [0.15, 0.2) is 0 Å². The molecule has 2 rings (SSSR count). The highest BCUT2D eigenvalue weighted by Crippen LogP contribution is 2.35. The van der Waals surface area contributed by atoms with Gasteiger partial charge in [-0.1, -0.05) is 78.9 Å². The average molecular weight is 313 g/mol. The zero-order valence-electron chi connectivity index (χ0n) is 16.9. The van der Waals surface area contributed by atoms with Gasteiger partial charge in [0.25, 0.3) is 0 Å². The monoisotopic (exact) mass is 312 g/mol. The Balaban J connectivity index is 0. The smallest absolute Gasteiger partial charge is 0.0571 e. The van der Waals surface area contributed by atoms with Crippen molar-refractivity contribution in [1.82, 2.24) is 0 Å². The zero-order valence-corrected chi connectivity index (χ0v) is 16.9. The standard InChI is InChI=1S/C9H16.C8H16O.2C2H6/c1-8-6-4-5-7-9(8,2)3;1-9-8-6-4-2-3-5-7-8;2*1-2/h6H,4-5,7H2,1-3H3;8H,2-7H2,1H3;2*1-2H3.